The molecule has 1 heterocycles. The van der Waals surface area contributed by atoms with Crippen LogP contribution in [0.4, 0.5) is 0 Å². The van der Waals surface area contributed by atoms with Crippen LogP contribution in [0.3, 0.4) is 0 Å². The van der Waals surface area contributed by atoms with Crippen LogP contribution in [0.5, 0.6) is 0 Å². The molecule has 0 bridgehead atoms. The number of aromatic nitrogens is 2. The Labute approximate surface area is 125 Å². The summed E-state index contributed by atoms with van der Waals surface area (Å²) < 4.78 is 29.0. The Balaban J connectivity index is 2.89. The van der Waals surface area contributed by atoms with Crippen molar-refractivity contribution in [2.45, 2.75) is 31.7 Å². The van der Waals surface area contributed by atoms with E-state index in [0.717, 1.165) is 18.7 Å². The first-order valence-corrected chi connectivity index (χ1v) is 9.49. The van der Waals surface area contributed by atoms with Gasteiger partial charge in [0.05, 0.1) is 11.4 Å². The van der Waals surface area contributed by atoms with Crippen LogP contribution in [-0.2, 0) is 16.6 Å². The van der Waals surface area contributed by atoms with Crippen LogP contribution < -0.4 is 10.0 Å². The second-order valence-corrected chi connectivity index (χ2v) is 7.26. The summed E-state index contributed by atoms with van der Waals surface area (Å²) in [5.74, 6) is 0.758. The molecule has 1 aromatic rings. The summed E-state index contributed by atoms with van der Waals surface area (Å²) in [7, 11) is -1.57. The third-order valence-electron chi connectivity index (χ3n) is 2.98. The van der Waals surface area contributed by atoms with Crippen LogP contribution in [0.2, 0.25) is 0 Å². The SMILES string of the molecule is CNCCCn1nc(C)c(S(=O)(=O)NCCSC)c1C. The van der Waals surface area contributed by atoms with Crippen LogP contribution in [0.1, 0.15) is 17.8 Å². The number of hydrogen-bond acceptors (Lipinski definition) is 5. The summed E-state index contributed by atoms with van der Waals surface area (Å²) in [5, 5.41) is 7.41. The van der Waals surface area contributed by atoms with Crippen molar-refractivity contribution in [3.05, 3.63) is 11.4 Å². The van der Waals surface area contributed by atoms with Crippen molar-refractivity contribution in [3.8, 4) is 0 Å². The molecule has 0 aliphatic carbocycles. The molecule has 8 heteroatoms. The lowest BCUT2D eigenvalue weighted by atomic mass is 10.4. The second kappa shape index (κ2) is 8.02. The van der Waals surface area contributed by atoms with Crippen molar-refractivity contribution >= 4 is 21.8 Å². The molecule has 1 aromatic heterocycles. The van der Waals surface area contributed by atoms with Crippen molar-refractivity contribution in [3.63, 3.8) is 0 Å². The monoisotopic (exact) mass is 320 g/mol. The van der Waals surface area contributed by atoms with Crippen LogP contribution in [0.25, 0.3) is 0 Å². The van der Waals surface area contributed by atoms with Crippen LogP contribution in [-0.4, -0.2) is 50.3 Å². The first-order valence-electron chi connectivity index (χ1n) is 6.61. The predicted octanol–water partition coefficient (Wildman–Crippen LogP) is 0.751. The zero-order valence-corrected chi connectivity index (χ0v) is 14.2. The lowest BCUT2D eigenvalue weighted by Gasteiger charge is -2.07. The molecule has 0 aromatic carbocycles. The zero-order chi connectivity index (χ0) is 15.2. The number of aryl methyl sites for hydroxylation is 2. The second-order valence-electron chi connectivity index (χ2n) is 4.57. The fourth-order valence-corrected chi connectivity index (χ4v) is 3.92. The van der Waals surface area contributed by atoms with E-state index in [9.17, 15) is 8.42 Å². The maximum Gasteiger partial charge on any atom is 0.244 e. The molecule has 0 amide bonds. The molecule has 2 N–H and O–H groups in total. The third-order valence-corrected chi connectivity index (χ3v) is 5.30. The summed E-state index contributed by atoms with van der Waals surface area (Å²) in [4.78, 5) is 0.322. The molecule has 6 nitrogen and oxygen atoms in total. The minimum absolute atomic E-state index is 0.322. The van der Waals surface area contributed by atoms with E-state index in [0.29, 0.717) is 29.4 Å². The van der Waals surface area contributed by atoms with Gasteiger partial charge in [-0.05, 0) is 40.1 Å². The molecule has 116 valence electrons. The minimum Gasteiger partial charge on any atom is -0.320 e. The van der Waals surface area contributed by atoms with Crippen molar-refractivity contribution < 1.29 is 8.42 Å². The summed E-state index contributed by atoms with van der Waals surface area (Å²) in [6.07, 6.45) is 2.86. The fourth-order valence-electron chi connectivity index (χ4n) is 2.04. The van der Waals surface area contributed by atoms with E-state index in [4.69, 9.17) is 0 Å². The molecule has 1 rings (SSSR count). The van der Waals surface area contributed by atoms with Gasteiger partial charge in [-0.15, -0.1) is 0 Å². The average molecular weight is 320 g/mol. The summed E-state index contributed by atoms with van der Waals surface area (Å²) in [5.41, 5.74) is 1.26. The maximum atomic E-state index is 12.3. The van der Waals surface area contributed by atoms with Gasteiger partial charge in [-0.25, -0.2) is 13.1 Å². The Morgan fingerprint density at radius 2 is 2.00 bits per heavy atom. The molecule has 0 saturated heterocycles. The van der Waals surface area contributed by atoms with E-state index in [1.54, 1.807) is 23.4 Å². The molecule has 0 fully saturated rings. The van der Waals surface area contributed by atoms with Gasteiger partial charge in [0, 0.05) is 18.8 Å². The Kier molecular flexibility index (Phi) is 7.01. The highest BCUT2D eigenvalue weighted by Gasteiger charge is 2.23. The Hall–Kier alpha value is -0.570. The summed E-state index contributed by atoms with van der Waals surface area (Å²) >= 11 is 1.61. The molecule has 0 spiro atoms. The van der Waals surface area contributed by atoms with Gasteiger partial charge in [-0.1, -0.05) is 0 Å². The van der Waals surface area contributed by atoms with Crippen molar-refractivity contribution in [1.29, 1.82) is 0 Å². The molecule has 0 radical (unpaired) electrons. The van der Waals surface area contributed by atoms with Crippen LogP contribution in [0, 0.1) is 13.8 Å². The van der Waals surface area contributed by atoms with E-state index in [-0.39, 0.29) is 0 Å². The van der Waals surface area contributed by atoms with Gasteiger partial charge in [0.25, 0.3) is 0 Å². The highest BCUT2D eigenvalue weighted by molar-refractivity contribution is 7.98. The van der Waals surface area contributed by atoms with E-state index in [2.05, 4.69) is 15.1 Å². The van der Waals surface area contributed by atoms with Gasteiger partial charge in [0.15, 0.2) is 0 Å². The number of nitrogens with one attached hydrogen (secondary N) is 2. The van der Waals surface area contributed by atoms with E-state index < -0.39 is 10.0 Å². The first kappa shape index (κ1) is 17.5. The Morgan fingerprint density at radius 3 is 2.60 bits per heavy atom. The van der Waals surface area contributed by atoms with Gasteiger partial charge >= 0.3 is 0 Å². The number of rotatable bonds is 9. The molecular formula is C12H24N4O2S2. The van der Waals surface area contributed by atoms with Gasteiger partial charge in [0.2, 0.25) is 10.0 Å². The Morgan fingerprint density at radius 1 is 1.30 bits per heavy atom. The standard InChI is InChI=1S/C12H24N4O2S2/c1-10-12(20(17,18)14-7-9-19-4)11(2)16(15-10)8-5-6-13-3/h13-14H,5-9H2,1-4H3. The quantitative estimate of drug-likeness (QED) is 0.657. The predicted molar refractivity (Wildman–Crippen MR) is 83.8 cm³/mol. The first-order chi connectivity index (χ1) is 9.44. The van der Waals surface area contributed by atoms with Gasteiger partial charge in [0.1, 0.15) is 4.90 Å². The minimum atomic E-state index is -3.47. The zero-order valence-electron chi connectivity index (χ0n) is 12.6. The average Bonchev–Trinajstić information content (AvgIpc) is 2.65. The van der Waals surface area contributed by atoms with Crippen molar-refractivity contribution in [2.75, 3.05) is 32.1 Å². The third kappa shape index (κ3) is 4.47. The van der Waals surface area contributed by atoms with Crippen molar-refractivity contribution in [2.24, 2.45) is 0 Å². The van der Waals surface area contributed by atoms with Crippen LogP contribution >= 0.6 is 11.8 Å². The number of nitrogens with zero attached hydrogens (tertiary/aromatic N) is 2. The highest BCUT2D eigenvalue weighted by Crippen LogP contribution is 2.19. The van der Waals surface area contributed by atoms with E-state index >= 15 is 0 Å². The lowest BCUT2D eigenvalue weighted by Crippen LogP contribution is -2.27. The molecule has 20 heavy (non-hydrogen) atoms. The van der Waals surface area contributed by atoms with Gasteiger partial charge in [-0.3, -0.25) is 4.68 Å². The smallest absolute Gasteiger partial charge is 0.244 e. The number of sulfonamides is 1. The van der Waals surface area contributed by atoms with Gasteiger partial charge < -0.3 is 5.32 Å². The number of thioether (sulfide) groups is 1. The van der Waals surface area contributed by atoms with E-state index in [1.165, 1.54) is 0 Å². The fraction of sp³-hybridized carbons (Fsp3) is 0.750. The number of hydrogen-bond donors (Lipinski definition) is 2. The molecule has 0 aliphatic heterocycles. The molecular weight excluding hydrogens is 296 g/mol. The molecule has 0 saturated carbocycles. The van der Waals surface area contributed by atoms with E-state index in [1.807, 2.05) is 20.2 Å². The normalized spacial score (nSPS) is 12.0. The Bertz CT molecular complexity index is 526. The van der Waals surface area contributed by atoms with Gasteiger partial charge in [-0.2, -0.15) is 16.9 Å². The highest BCUT2D eigenvalue weighted by atomic mass is 32.2. The molecule has 0 unspecified atom stereocenters. The maximum absolute atomic E-state index is 12.3. The van der Waals surface area contributed by atoms with Crippen LogP contribution in [0.15, 0.2) is 4.90 Å². The largest absolute Gasteiger partial charge is 0.320 e. The molecule has 0 aliphatic rings. The van der Waals surface area contributed by atoms with Crippen molar-refractivity contribution in [1.82, 2.24) is 19.8 Å². The topological polar surface area (TPSA) is 76.0 Å². The lowest BCUT2D eigenvalue weighted by molar-refractivity contribution is 0.546. The summed E-state index contributed by atoms with van der Waals surface area (Å²) in [6, 6.07) is 0. The summed E-state index contributed by atoms with van der Waals surface area (Å²) in [6.45, 7) is 5.58. The molecule has 0 atom stereocenters.